The van der Waals surface area contributed by atoms with Gasteiger partial charge in [0.05, 0.1) is 6.10 Å². The minimum atomic E-state index is -0.129. The molecular weight excluding hydrogens is 238 g/mol. The number of aliphatic hydroxyl groups is 1. The van der Waals surface area contributed by atoms with Crippen molar-refractivity contribution in [3.63, 3.8) is 0 Å². The van der Waals surface area contributed by atoms with E-state index in [-0.39, 0.29) is 6.10 Å². The number of nitrogens with one attached hydrogen (secondary N) is 1. The Kier molecular flexibility index (Phi) is 6.57. The average molecular weight is 269 g/mol. The normalized spacial score (nSPS) is 24.2. The Bertz CT molecular complexity index is 238. The van der Waals surface area contributed by atoms with Crippen molar-refractivity contribution in [3.05, 3.63) is 0 Å². The number of aliphatic hydroxyl groups excluding tert-OH is 1. The summed E-state index contributed by atoms with van der Waals surface area (Å²) in [5, 5.41) is 13.5. The summed E-state index contributed by atoms with van der Waals surface area (Å²) in [4.78, 5) is 4.80. The lowest BCUT2D eigenvalue weighted by Crippen LogP contribution is -2.46. The summed E-state index contributed by atoms with van der Waals surface area (Å²) in [6, 6.07) is 0. The topological polar surface area (TPSA) is 38.7 Å². The summed E-state index contributed by atoms with van der Waals surface area (Å²) in [7, 11) is 2.14. The van der Waals surface area contributed by atoms with Crippen LogP contribution in [0.1, 0.15) is 32.1 Å². The van der Waals surface area contributed by atoms with Crippen LogP contribution >= 0.6 is 0 Å². The lowest BCUT2D eigenvalue weighted by molar-refractivity contribution is 0.0954. The zero-order chi connectivity index (χ0) is 13.5. The standard InChI is InChI=1S/C15H31N3O/c1-17(10-11-18-8-6-16-7-9-18)13-15(19)12-14-4-2-3-5-14/h14-16,19H,2-13H2,1H3. The third kappa shape index (κ3) is 5.78. The SMILES string of the molecule is CN(CCN1CCNCC1)CC(O)CC1CCCC1. The molecule has 4 heteroatoms. The van der Waals surface area contributed by atoms with Crippen molar-refractivity contribution in [1.82, 2.24) is 15.1 Å². The maximum absolute atomic E-state index is 10.2. The highest BCUT2D eigenvalue weighted by Crippen LogP contribution is 2.28. The van der Waals surface area contributed by atoms with Crippen molar-refractivity contribution < 1.29 is 5.11 Å². The Morgan fingerprint density at radius 3 is 2.63 bits per heavy atom. The summed E-state index contributed by atoms with van der Waals surface area (Å²) < 4.78 is 0. The molecule has 19 heavy (non-hydrogen) atoms. The van der Waals surface area contributed by atoms with Gasteiger partial charge in [0.1, 0.15) is 0 Å². The molecule has 1 aliphatic heterocycles. The Balaban J connectivity index is 1.55. The van der Waals surface area contributed by atoms with E-state index in [0.717, 1.165) is 45.1 Å². The molecule has 112 valence electrons. The van der Waals surface area contributed by atoms with E-state index < -0.39 is 0 Å². The Morgan fingerprint density at radius 1 is 1.26 bits per heavy atom. The van der Waals surface area contributed by atoms with Gasteiger partial charge in [-0.2, -0.15) is 0 Å². The van der Waals surface area contributed by atoms with Gasteiger partial charge in [-0.1, -0.05) is 25.7 Å². The third-order valence-electron chi connectivity index (χ3n) is 4.61. The molecule has 2 N–H and O–H groups in total. The van der Waals surface area contributed by atoms with Gasteiger partial charge in [-0.05, 0) is 19.4 Å². The predicted molar refractivity (Wildman–Crippen MR) is 79.4 cm³/mol. The fraction of sp³-hybridized carbons (Fsp3) is 1.00. The largest absolute Gasteiger partial charge is 0.392 e. The molecule has 1 saturated heterocycles. The Morgan fingerprint density at radius 2 is 1.95 bits per heavy atom. The van der Waals surface area contributed by atoms with Gasteiger partial charge in [0, 0.05) is 45.8 Å². The second-order valence-corrected chi connectivity index (χ2v) is 6.39. The maximum atomic E-state index is 10.2. The van der Waals surface area contributed by atoms with E-state index in [1.165, 1.54) is 38.8 Å². The van der Waals surface area contributed by atoms with Gasteiger partial charge in [0.25, 0.3) is 0 Å². The molecule has 1 unspecified atom stereocenters. The Labute approximate surface area is 118 Å². The summed E-state index contributed by atoms with van der Waals surface area (Å²) in [5.74, 6) is 0.788. The van der Waals surface area contributed by atoms with Gasteiger partial charge >= 0.3 is 0 Å². The van der Waals surface area contributed by atoms with Crippen molar-refractivity contribution in [2.75, 3.05) is 52.9 Å². The minimum Gasteiger partial charge on any atom is -0.392 e. The Hall–Kier alpha value is -0.160. The number of hydrogen-bond donors (Lipinski definition) is 2. The number of rotatable bonds is 7. The zero-order valence-corrected chi connectivity index (χ0v) is 12.5. The molecule has 0 aromatic rings. The smallest absolute Gasteiger partial charge is 0.0669 e. The fourth-order valence-corrected chi connectivity index (χ4v) is 3.40. The molecule has 0 amide bonds. The second kappa shape index (κ2) is 8.20. The number of piperazine rings is 1. The molecule has 0 aromatic carbocycles. The van der Waals surface area contributed by atoms with E-state index in [0.29, 0.717) is 0 Å². The molecule has 1 saturated carbocycles. The zero-order valence-electron chi connectivity index (χ0n) is 12.5. The molecule has 0 aromatic heterocycles. The molecule has 0 spiro atoms. The van der Waals surface area contributed by atoms with Crippen molar-refractivity contribution >= 4 is 0 Å². The number of nitrogens with zero attached hydrogens (tertiary/aromatic N) is 2. The minimum absolute atomic E-state index is 0.129. The molecule has 1 atom stereocenters. The molecule has 1 aliphatic carbocycles. The summed E-state index contributed by atoms with van der Waals surface area (Å²) in [6.45, 7) is 7.61. The number of hydrogen-bond acceptors (Lipinski definition) is 4. The van der Waals surface area contributed by atoms with Crippen LogP contribution in [0.4, 0.5) is 0 Å². The first kappa shape index (κ1) is 15.2. The van der Waals surface area contributed by atoms with Gasteiger partial charge in [0.15, 0.2) is 0 Å². The van der Waals surface area contributed by atoms with E-state index in [9.17, 15) is 5.11 Å². The highest BCUT2D eigenvalue weighted by Gasteiger charge is 2.19. The van der Waals surface area contributed by atoms with Crippen molar-refractivity contribution in [2.24, 2.45) is 5.92 Å². The van der Waals surface area contributed by atoms with E-state index >= 15 is 0 Å². The van der Waals surface area contributed by atoms with Crippen LogP contribution in [0.2, 0.25) is 0 Å². The summed E-state index contributed by atoms with van der Waals surface area (Å²) >= 11 is 0. The molecule has 2 fully saturated rings. The van der Waals surface area contributed by atoms with E-state index in [2.05, 4.69) is 22.2 Å². The number of likely N-dealkylation sites (N-methyl/N-ethyl adjacent to an activating group) is 1. The second-order valence-electron chi connectivity index (χ2n) is 6.39. The van der Waals surface area contributed by atoms with Crippen LogP contribution in [0.3, 0.4) is 0 Å². The first-order valence-corrected chi connectivity index (χ1v) is 8.03. The van der Waals surface area contributed by atoms with Gasteiger partial charge in [-0.15, -0.1) is 0 Å². The molecule has 0 bridgehead atoms. The maximum Gasteiger partial charge on any atom is 0.0669 e. The lowest BCUT2D eigenvalue weighted by atomic mass is 10.00. The van der Waals surface area contributed by atoms with Crippen LogP contribution < -0.4 is 5.32 Å². The van der Waals surface area contributed by atoms with E-state index in [1.54, 1.807) is 0 Å². The highest BCUT2D eigenvalue weighted by atomic mass is 16.3. The predicted octanol–water partition coefficient (Wildman–Crippen LogP) is 0.765. The first-order valence-electron chi connectivity index (χ1n) is 8.03. The van der Waals surface area contributed by atoms with Crippen LogP contribution in [-0.4, -0.2) is 73.9 Å². The first-order chi connectivity index (χ1) is 9.24. The van der Waals surface area contributed by atoms with Crippen molar-refractivity contribution in [1.29, 1.82) is 0 Å². The third-order valence-corrected chi connectivity index (χ3v) is 4.61. The molecule has 2 rings (SSSR count). The van der Waals surface area contributed by atoms with Crippen LogP contribution in [0.15, 0.2) is 0 Å². The van der Waals surface area contributed by atoms with Crippen LogP contribution in [0.5, 0.6) is 0 Å². The van der Waals surface area contributed by atoms with E-state index in [4.69, 9.17) is 0 Å². The van der Waals surface area contributed by atoms with Gasteiger partial charge in [-0.3, -0.25) is 4.90 Å². The monoisotopic (exact) mass is 269 g/mol. The molecule has 2 aliphatic rings. The molecule has 0 radical (unpaired) electrons. The molecule has 4 nitrogen and oxygen atoms in total. The summed E-state index contributed by atoms with van der Waals surface area (Å²) in [6.07, 6.45) is 6.30. The van der Waals surface area contributed by atoms with Crippen LogP contribution in [-0.2, 0) is 0 Å². The molecule has 1 heterocycles. The van der Waals surface area contributed by atoms with Gasteiger partial charge in [-0.25, -0.2) is 0 Å². The van der Waals surface area contributed by atoms with Crippen LogP contribution in [0.25, 0.3) is 0 Å². The van der Waals surface area contributed by atoms with Crippen molar-refractivity contribution in [3.8, 4) is 0 Å². The quantitative estimate of drug-likeness (QED) is 0.716. The van der Waals surface area contributed by atoms with Gasteiger partial charge in [0.2, 0.25) is 0 Å². The fourth-order valence-electron chi connectivity index (χ4n) is 3.40. The average Bonchev–Trinajstić information content (AvgIpc) is 2.90. The van der Waals surface area contributed by atoms with E-state index in [1.807, 2.05) is 0 Å². The highest BCUT2D eigenvalue weighted by molar-refractivity contribution is 4.74. The molecular formula is C15H31N3O. The van der Waals surface area contributed by atoms with Crippen molar-refractivity contribution in [2.45, 2.75) is 38.2 Å². The van der Waals surface area contributed by atoms with Crippen LogP contribution in [0, 0.1) is 5.92 Å². The lowest BCUT2D eigenvalue weighted by Gasteiger charge is -2.30. The van der Waals surface area contributed by atoms with Gasteiger partial charge < -0.3 is 15.3 Å². The summed E-state index contributed by atoms with van der Waals surface area (Å²) in [5.41, 5.74) is 0.